The number of carbonyl (C=O) groups is 2. The molecule has 0 bridgehead atoms. The standard InChI is InChI=1S/C21H26N4O3S/c1-14-18(19(26)22-13-12-15-8-4-3-5-9-15)29-21(23-14)25-20(27)24-16-10-6-7-11-17(16)28-2/h6-8,10-11H,3-5,9,12-13H2,1-2H3,(H,22,26)(H2,23,24,25,27). The summed E-state index contributed by atoms with van der Waals surface area (Å²) in [7, 11) is 1.54. The number of hydrogen-bond donors (Lipinski definition) is 3. The number of aryl methyl sites for hydroxylation is 1. The summed E-state index contributed by atoms with van der Waals surface area (Å²) in [5, 5.41) is 8.73. The van der Waals surface area contributed by atoms with E-state index in [9.17, 15) is 9.59 Å². The molecule has 0 saturated heterocycles. The molecule has 1 aromatic heterocycles. The second kappa shape index (κ2) is 10.1. The number of rotatable bonds is 7. The Morgan fingerprint density at radius 3 is 2.79 bits per heavy atom. The molecule has 29 heavy (non-hydrogen) atoms. The molecule has 2 aromatic rings. The number of thiazole rings is 1. The van der Waals surface area contributed by atoms with Crippen LogP contribution in [0.3, 0.4) is 0 Å². The summed E-state index contributed by atoms with van der Waals surface area (Å²) in [6.45, 7) is 2.37. The molecule has 3 amide bonds. The van der Waals surface area contributed by atoms with E-state index in [2.05, 4.69) is 27.0 Å². The van der Waals surface area contributed by atoms with Crippen LogP contribution in [0.15, 0.2) is 35.9 Å². The number of anilines is 2. The first-order valence-corrected chi connectivity index (χ1v) is 10.5. The summed E-state index contributed by atoms with van der Waals surface area (Å²) in [6, 6.07) is 6.68. The van der Waals surface area contributed by atoms with Crippen LogP contribution in [0.2, 0.25) is 0 Å². The fourth-order valence-corrected chi connectivity index (χ4v) is 4.09. The van der Waals surface area contributed by atoms with Gasteiger partial charge in [0.25, 0.3) is 5.91 Å². The molecule has 1 heterocycles. The molecule has 1 aliphatic carbocycles. The van der Waals surface area contributed by atoms with Gasteiger partial charge < -0.3 is 15.4 Å². The van der Waals surface area contributed by atoms with Gasteiger partial charge in [-0.2, -0.15) is 0 Å². The van der Waals surface area contributed by atoms with Crippen LogP contribution in [0, 0.1) is 6.92 Å². The van der Waals surface area contributed by atoms with Gasteiger partial charge >= 0.3 is 6.03 Å². The van der Waals surface area contributed by atoms with Gasteiger partial charge in [0.1, 0.15) is 10.6 Å². The Kier molecular flexibility index (Phi) is 7.24. The van der Waals surface area contributed by atoms with E-state index in [0.29, 0.717) is 33.7 Å². The SMILES string of the molecule is COc1ccccc1NC(=O)Nc1nc(C)c(C(=O)NCCC2=CCCCC2)s1. The van der Waals surface area contributed by atoms with Gasteiger partial charge in [-0.15, -0.1) is 0 Å². The van der Waals surface area contributed by atoms with Crippen molar-refractivity contribution < 1.29 is 14.3 Å². The third kappa shape index (κ3) is 5.80. The number of urea groups is 1. The van der Waals surface area contributed by atoms with Crippen LogP contribution in [-0.2, 0) is 0 Å². The minimum absolute atomic E-state index is 0.158. The molecule has 0 saturated carbocycles. The number of aromatic nitrogens is 1. The number of para-hydroxylation sites is 2. The largest absolute Gasteiger partial charge is 0.495 e. The zero-order valence-electron chi connectivity index (χ0n) is 16.7. The lowest BCUT2D eigenvalue weighted by atomic mass is 9.97. The number of amides is 3. The molecule has 0 aliphatic heterocycles. The van der Waals surface area contributed by atoms with Crippen molar-refractivity contribution in [2.75, 3.05) is 24.3 Å². The van der Waals surface area contributed by atoms with E-state index in [-0.39, 0.29) is 5.91 Å². The van der Waals surface area contributed by atoms with E-state index in [1.54, 1.807) is 25.1 Å². The molecule has 8 heteroatoms. The minimum Gasteiger partial charge on any atom is -0.495 e. The Morgan fingerprint density at radius 1 is 1.21 bits per heavy atom. The first-order chi connectivity index (χ1) is 14.1. The molecule has 1 aromatic carbocycles. The van der Waals surface area contributed by atoms with Gasteiger partial charge in [0.05, 0.1) is 18.5 Å². The van der Waals surface area contributed by atoms with E-state index in [1.807, 2.05) is 6.07 Å². The van der Waals surface area contributed by atoms with E-state index < -0.39 is 6.03 Å². The lowest BCUT2D eigenvalue weighted by Gasteiger charge is -2.12. The van der Waals surface area contributed by atoms with Gasteiger partial charge in [0.15, 0.2) is 5.13 Å². The number of methoxy groups -OCH3 is 1. The molecular formula is C21H26N4O3S. The Hall–Kier alpha value is -2.87. The maximum Gasteiger partial charge on any atom is 0.325 e. The van der Waals surface area contributed by atoms with Crippen LogP contribution in [0.4, 0.5) is 15.6 Å². The predicted octanol–water partition coefficient (Wildman–Crippen LogP) is 4.72. The minimum atomic E-state index is -0.445. The Labute approximate surface area is 174 Å². The maximum absolute atomic E-state index is 12.5. The van der Waals surface area contributed by atoms with Gasteiger partial charge in [0.2, 0.25) is 0 Å². The van der Waals surface area contributed by atoms with Crippen molar-refractivity contribution in [1.82, 2.24) is 10.3 Å². The van der Waals surface area contributed by atoms with Gasteiger partial charge in [-0.1, -0.05) is 35.1 Å². The van der Waals surface area contributed by atoms with Crippen LogP contribution >= 0.6 is 11.3 Å². The van der Waals surface area contributed by atoms with Gasteiger partial charge in [0, 0.05) is 6.54 Å². The monoisotopic (exact) mass is 414 g/mol. The number of carbonyl (C=O) groups excluding carboxylic acids is 2. The molecule has 3 N–H and O–H groups in total. The summed E-state index contributed by atoms with van der Waals surface area (Å²) in [5.74, 6) is 0.403. The highest BCUT2D eigenvalue weighted by Crippen LogP contribution is 2.25. The number of allylic oxidation sites excluding steroid dienone is 1. The molecule has 1 aliphatic rings. The molecule has 7 nitrogen and oxygen atoms in total. The highest BCUT2D eigenvalue weighted by Gasteiger charge is 2.17. The average Bonchev–Trinajstić information content (AvgIpc) is 3.09. The number of benzene rings is 1. The topological polar surface area (TPSA) is 92.3 Å². The summed E-state index contributed by atoms with van der Waals surface area (Å²) in [5.41, 5.74) is 2.57. The van der Waals surface area contributed by atoms with Crippen molar-refractivity contribution in [3.63, 3.8) is 0 Å². The van der Waals surface area contributed by atoms with Gasteiger partial charge in [-0.3, -0.25) is 10.1 Å². The van der Waals surface area contributed by atoms with Crippen molar-refractivity contribution in [2.24, 2.45) is 0 Å². The summed E-state index contributed by atoms with van der Waals surface area (Å²) in [4.78, 5) is 29.6. The molecular weight excluding hydrogens is 388 g/mol. The average molecular weight is 415 g/mol. The molecule has 0 spiro atoms. The third-order valence-electron chi connectivity index (χ3n) is 4.70. The van der Waals surface area contributed by atoms with E-state index in [0.717, 1.165) is 30.6 Å². The van der Waals surface area contributed by atoms with Gasteiger partial charge in [-0.05, 0) is 51.2 Å². The Balaban J connectivity index is 1.54. The highest BCUT2D eigenvalue weighted by molar-refractivity contribution is 7.17. The smallest absolute Gasteiger partial charge is 0.325 e. The van der Waals surface area contributed by atoms with E-state index in [4.69, 9.17) is 4.74 Å². The zero-order valence-corrected chi connectivity index (χ0v) is 17.5. The fraction of sp³-hybridized carbons (Fsp3) is 0.381. The Bertz CT molecular complexity index is 907. The summed E-state index contributed by atoms with van der Waals surface area (Å²) >= 11 is 1.16. The van der Waals surface area contributed by atoms with E-state index >= 15 is 0 Å². The Morgan fingerprint density at radius 2 is 2.03 bits per heavy atom. The first-order valence-electron chi connectivity index (χ1n) is 9.71. The molecule has 0 radical (unpaired) electrons. The number of ether oxygens (including phenoxy) is 1. The van der Waals surface area contributed by atoms with E-state index in [1.165, 1.54) is 25.5 Å². The molecule has 0 unspecified atom stereocenters. The summed E-state index contributed by atoms with van der Waals surface area (Å²) < 4.78 is 5.22. The third-order valence-corrected chi connectivity index (χ3v) is 5.77. The van der Waals surface area contributed by atoms with Crippen molar-refractivity contribution >= 4 is 34.1 Å². The van der Waals surface area contributed by atoms with Crippen molar-refractivity contribution in [3.05, 3.63) is 46.5 Å². The fourth-order valence-electron chi connectivity index (χ4n) is 3.21. The number of hydrogen-bond acceptors (Lipinski definition) is 5. The second-order valence-electron chi connectivity index (χ2n) is 6.83. The maximum atomic E-state index is 12.5. The second-order valence-corrected chi connectivity index (χ2v) is 7.83. The molecule has 3 rings (SSSR count). The number of nitrogens with one attached hydrogen (secondary N) is 3. The van der Waals surface area contributed by atoms with Crippen LogP contribution in [0.1, 0.15) is 47.5 Å². The van der Waals surface area contributed by atoms with Crippen molar-refractivity contribution in [1.29, 1.82) is 0 Å². The normalized spacial score (nSPS) is 13.4. The number of nitrogens with zero attached hydrogens (tertiary/aromatic N) is 1. The van der Waals surface area contributed by atoms with Crippen molar-refractivity contribution in [2.45, 2.75) is 39.0 Å². The first kappa shape index (κ1) is 20.9. The zero-order chi connectivity index (χ0) is 20.6. The lowest BCUT2D eigenvalue weighted by Crippen LogP contribution is -2.24. The van der Waals surface area contributed by atoms with Crippen LogP contribution in [-0.4, -0.2) is 30.6 Å². The molecule has 0 atom stereocenters. The highest BCUT2D eigenvalue weighted by atomic mass is 32.1. The molecule has 0 fully saturated rings. The van der Waals surface area contributed by atoms with Crippen LogP contribution in [0.25, 0.3) is 0 Å². The van der Waals surface area contributed by atoms with Gasteiger partial charge in [-0.25, -0.2) is 9.78 Å². The molecule has 154 valence electrons. The lowest BCUT2D eigenvalue weighted by molar-refractivity contribution is 0.0957. The predicted molar refractivity (Wildman–Crippen MR) is 116 cm³/mol. The quantitative estimate of drug-likeness (QED) is 0.571. The van der Waals surface area contributed by atoms with Crippen LogP contribution < -0.4 is 20.7 Å². The van der Waals surface area contributed by atoms with Crippen LogP contribution in [0.5, 0.6) is 5.75 Å². The summed E-state index contributed by atoms with van der Waals surface area (Å²) in [6.07, 6.45) is 7.94. The van der Waals surface area contributed by atoms with Crippen molar-refractivity contribution in [3.8, 4) is 5.75 Å².